The Balaban J connectivity index is 1.99. The summed E-state index contributed by atoms with van der Waals surface area (Å²) >= 11 is 3.60. The molecule has 0 spiro atoms. The molecule has 0 bridgehead atoms. The molecule has 3 heteroatoms. The lowest BCUT2D eigenvalue weighted by atomic mass is 9.80. The summed E-state index contributed by atoms with van der Waals surface area (Å²) in [5.74, 6) is 0.810. The zero-order valence-corrected chi connectivity index (χ0v) is 13.1. The van der Waals surface area contributed by atoms with Gasteiger partial charge in [-0.25, -0.2) is 0 Å². The number of nitrogen functional groups attached to an aromatic ring is 1. The van der Waals surface area contributed by atoms with Crippen LogP contribution in [0.4, 0.5) is 5.69 Å². The number of likely N-dealkylation sites (tertiary alicyclic amines) is 1. The summed E-state index contributed by atoms with van der Waals surface area (Å²) in [6.45, 7) is 10.5. The minimum absolute atomic E-state index is 0.424. The van der Waals surface area contributed by atoms with Crippen molar-refractivity contribution in [3.05, 3.63) is 28.2 Å². The summed E-state index contributed by atoms with van der Waals surface area (Å²) in [6, 6.07) is 6.11. The fourth-order valence-electron chi connectivity index (χ4n) is 2.62. The second kappa shape index (κ2) is 5.22. The number of rotatable bonds is 2. The molecule has 0 saturated carbocycles. The molecule has 1 aliphatic heterocycles. The predicted octanol–water partition coefficient (Wildman–Crippen LogP) is 3.90. The first-order valence-corrected chi connectivity index (χ1v) is 7.42. The Morgan fingerprint density at radius 2 is 2.11 bits per heavy atom. The number of nitrogens with two attached hydrogens (primary N) is 1. The molecule has 2 N–H and O–H groups in total. The molecule has 0 aliphatic carbocycles. The van der Waals surface area contributed by atoms with E-state index in [4.69, 9.17) is 5.73 Å². The van der Waals surface area contributed by atoms with E-state index in [1.807, 2.05) is 12.1 Å². The molecule has 1 aliphatic rings. The van der Waals surface area contributed by atoms with E-state index in [1.54, 1.807) is 0 Å². The molecule has 18 heavy (non-hydrogen) atoms. The Kier molecular flexibility index (Phi) is 4.02. The van der Waals surface area contributed by atoms with Crippen molar-refractivity contribution in [3.63, 3.8) is 0 Å². The molecular formula is C15H23BrN2. The molecule has 1 saturated heterocycles. The zero-order valence-electron chi connectivity index (χ0n) is 11.5. The van der Waals surface area contributed by atoms with Gasteiger partial charge in [-0.15, -0.1) is 0 Å². The smallest absolute Gasteiger partial charge is 0.0325 e. The van der Waals surface area contributed by atoms with E-state index in [-0.39, 0.29) is 0 Å². The lowest BCUT2D eigenvalue weighted by Crippen LogP contribution is -2.25. The first kappa shape index (κ1) is 13.9. The minimum atomic E-state index is 0.424. The monoisotopic (exact) mass is 310 g/mol. The fraction of sp³-hybridized carbons (Fsp3) is 0.600. The summed E-state index contributed by atoms with van der Waals surface area (Å²) < 4.78 is 1.13. The zero-order chi connectivity index (χ0) is 13.3. The molecule has 0 amide bonds. The molecule has 1 aromatic rings. The SMILES string of the molecule is CC(C)(C)C1CCN(Cc2ccc(N)cc2Br)C1. The van der Waals surface area contributed by atoms with Gasteiger partial charge in [-0.1, -0.05) is 42.8 Å². The highest BCUT2D eigenvalue weighted by molar-refractivity contribution is 9.10. The van der Waals surface area contributed by atoms with Crippen LogP contribution in [0.15, 0.2) is 22.7 Å². The lowest BCUT2D eigenvalue weighted by molar-refractivity contribution is 0.226. The van der Waals surface area contributed by atoms with Crippen LogP contribution in [0.3, 0.4) is 0 Å². The van der Waals surface area contributed by atoms with E-state index >= 15 is 0 Å². The van der Waals surface area contributed by atoms with E-state index in [1.165, 1.54) is 25.1 Å². The van der Waals surface area contributed by atoms with Crippen molar-refractivity contribution >= 4 is 21.6 Å². The lowest BCUT2D eigenvalue weighted by Gasteiger charge is -2.27. The van der Waals surface area contributed by atoms with Crippen LogP contribution in [0.25, 0.3) is 0 Å². The molecule has 1 unspecified atom stereocenters. The van der Waals surface area contributed by atoms with Crippen LogP contribution in [0.1, 0.15) is 32.8 Å². The van der Waals surface area contributed by atoms with Crippen molar-refractivity contribution in [1.82, 2.24) is 4.90 Å². The maximum atomic E-state index is 5.77. The number of anilines is 1. The molecule has 0 aromatic heterocycles. The second-order valence-corrected chi connectivity index (χ2v) is 7.29. The Hall–Kier alpha value is -0.540. The van der Waals surface area contributed by atoms with Gasteiger partial charge in [0.1, 0.15) is 0 Å². The van der Waals surface area contributed by atoms with Gasteiger partial charge in [-0.2, -0.15) is 0 Å². The van der Waals surface area contributed by atoms with Crippen LogP contribution in [0, 0.1) is 11.3 Å². The van der Waals surface area contributed by atoms with Crippen LogP contribution in [-0.2, 0) is 6.54 Å². The van der Waals surface area contributed by atoms with E-state index in [0.29, 0.717) is 5.41 Å². The molecule has 100 valence electrons. The molecule has 2 nitrogen and oxygen atoms in total. The summed E-state index contributed by atoms with van der Waals surface area (Å²) in [4.78, 5) is 2.55. The molecule has 1 heterocycles. The second-order valence-electron chi connectivity index (χ2n) is 6.44. The van der Waals surface area contributed by atoms with Gasteiger partial charge in [0.05, 0.1) is 0 Å². The minimum Gasteiger partial charge on any atom is -0.399 e. The largest absolute Gasteiger partial charge is 0.399 e. The van der Waals surface area contributed by atoms with Gasteiger partial charge in [-0.3, -0.25) is 4.90 Å². The molecular weight excluding hydrogens is 288 g/mol. The molecule has 1 atom stereocenters. The third kappa shape index (κ3) is 3.27. The van der Waals surface area contributed by atoms with E-state index in [2.05, 4.69) is 47.7 Å². The van der Waals surface area contributed by atoms with Gasteiger partial charge in [0.25, 0.3) is 0 Å². The first-order valence-electron chi connectivity index (χ1n) is 6.62. The van der Waals surface area contributed by atoms with E-state index in [0.717, 1.165) is 22.6 Å². The molecule has 0 radical (unpaired) electrons. The number of benzene rings is 1. The van der Waals surface area contributed by atoms with Crippen molar-refractivity contribution in [2.45, 2.75) is 33.7 Å². The summed E-state index contributed by atoms with van der Waals surface area (Å²) in [5.41, 5.74) is 8.35. The highest BCUT2D eigenvalue weighted by atomic mass is 79.9. The number of hydrogen-bond acceptors (Lipinski definition) is 2. The van der Waals surface area contributed by atoms with E-state index < -0.39 is 0 Å². The van der Waals surface area contributed by atoms with Gasteiger partial charge < -0.3 is 5.73 Å². The topological polar surface area (TPSA) is 29.3 Å². The Morgan fingerprint density at radius 3 is 2.67 bits per heavy atom. The van der Waals surface area contributed by atoms with Crippen LogP contribution in [0.5, 0.6) is 0 Å². The predicted molar refractivity (Wildman–Crippen MR) is 81.4 cm³/mol. The van der Waals surface area contributed by atoms with Gasteiger partial charge >= 0.3 is 0 Å². The molecule has 2 rings (SSSR count). The Morgan fingerprint density at radius 1 is 1.39 bits per heavy atom. The van der Waals surface area contributed by atoms with Crippen molar-refractivity contribution in [3.8, 4) is 0 Å². The van der Waals surface area contributed by atoms with Gasteiger partial charge in [0, 0.05) is 23.2 Å². The number of hydrogen-bond donors (Lipinski definition) is 1. The number of halogens is 1. The van der Waals surface area contributed by atoms with Crippen molar-refractivity contribution in [2.75, 3.05) is 18.8 Å². The van der Waals surface area contributed by atoms with Crippen LogP contribution < -0.4 is 5.73 Å². The van der Waals surface area contributed by atoms with Crippen LogP contribution in [-0.4, -0.2) is 18.0 Å². The normalized spacial score (nSPS) is 21.4. The van der Waals surface area contributed by atoms with Crippen molar-refractivity contribution < 1.29 is 0 Å². The van der Waals surface area contributed by atoms with Gasteiger partial charge in [0.15, 0.2) is 0 Å². The van der Waals surface area contributed by atoms with E-state index in [9.17, 15) is 0 Å². The summed E-state index contributed by atoms with van der Waals surface area (Å²) in [6.07, 6.45) is 1.32. The van der Waals surface area contributed by atoms with Gasteiger partial charge in [0.2, 0.25) is 0 Å². The Labute approximate surface area is 119 Å². The van der Waals surface area contributed by atoms with Crippen LogP contribution in [0.2, 0.25) is 0 Å². The van der Waals surface area contributed by atoms with Gasteiger partial charge in [-0.05, 0) is 42.0 Å². The maximum absolute atomic E-state index is 5.77. The first-order chi connectivity index (χ1) is 8.36. The fourth-order valence-corrected chi connectivity index (χ4v) is 3.14. The highest BCUT2D eigenvalue weighted by Crippen LogP contribution is 2.34. The summed E-state index contributed by atoms with van der Waals surface area (Å²) in [5, 5.41) is 0. The Bertz CT molecular complexity index is 423. The molecule has 1 aromatic carbocycles. The third-order valence-electron chi connectivity index (χ3n) is 3.97. The number of nitrogens with zero attached hydrogens (tertiary/aromatic N) is 1. The molecule has 1 fully saturated rings. The third-order valence-corrected chi connectivity index (χ3v) is 4.71. The van der Waals surface area contributed by atoms with Crippen molar-refractivity contribution in [1.29, 1.82) is 0 Å². The maximum Gasteiger partial charge on any atom is 0.0325 e. The van der Waals surface area contributed by atoms with Crippen molar-refractivity contribution in [2.24, 2.45) is 11.3 Å². The standard InChI is InChI=1S/C15H23BrN2/c1-15(2,3)12-6-7-18(10-12)9-11-4-5-13(17)8-14(11)16/h4-5,8,12H,6-7,9-10,17H2,1-3H3. The average molecular weight is 311 g/mol. The van der Waals surface area contributed by atoms with Crippen LogP contribution >= 0.6 is 15.9 Å². The summed E-state index contributed by atoms with van der Waals surface area (Å²) in [7, 11) is 0. The average Bonchev–Trinajstić information content (AvgIpc) is 2.70. The quantitative estimate of drug-likeness (QED) is 0.839. The highest BCUT2D eigenvalue weighted by Gasteiger charge is 2.31.